The molecule has 4 aromatic rings. The van der Waals surface area contributed by atoms with E-state index >= 15 is 0 Å². The number of aromatic amines is 1. The van der Waals surface area contributed by atoms with Gasteiger partial charge in [0.15, 0.2) is 11.2 Å². The fourth-order valence-corrected chi connectivity index (χ4v) is 3.55. The lowest BCUT2D eigenvalue weighted by Crippen LogP contribution is -2.40. The molecule has 0 aliphatic heterocycles. The molecule has 0 aliphatic carbocycles. The third kappa shape index (κ3) is 2.73. The number of H-pyrrole nitrogens is 1. The van der Waals surface area contributed by atoms with Gasteiger partial charge in [0.05, 0.1) is 20.0 Å². The molecular weight excluding hydrogens is 354 g/mol. The van der Waals surface area contributed by atoms with Gasteiger partial charge in [-0.25, -0.2) is 14.3 Å². The third-order valence-corrected chi connectivity index (χ3v) is 4.86. The number of aromatic nitrogens is 4. The second-order valence-corrected chi connectivity index (χ2v) is 6.26. The van der Waals surface area contributed by atoms with Crippen molar-refractivity contribution in [3.8, 4) is 0 Å². The molecular formula is C21H20N5O2+. The van der Waals surface area contributed by atoms with E-state index in [-0.39, 0.29) is 5.82 Å². The summed E-state index contributed by atoms with van der Waals surface area (Å²) in [5.74, 6) is 0.0317. The van der Waals surface area contributed by atoms with Gasteiger partial charge in [0.25, 0.3) is 5.82 Å². The van der Waals surface area contributed by atoms with Crippen LogP contribution in [0.3, 0.4) is 0 Å². The quantitative estimate of drug-likeness (QED) is 0.420. The highest BCUT2D eigenvalue weighted by atomic mass is 16.5. The smallest absolute Gasteiger partial charge is 0.376 e. The third-order valence-electron chi connectivity index (χ3n) is 4.86. The maximum Gasteiger partial charge on any atom is 0.376 e. The summed E-state index contributed by atoms with van der Waals surface area (Å²) in [6.07, 6.45) is 1.56. The maximum atomic E-state index is 12.2. The van der Waals surface area contributed by atoms with Gasteiger partial charge in [0.2, 0.25) is 5.82 Å². The fraction of sp³-hybridized carbons (Fsp3) is 0.143. The van der Waals surface area contributed by atoms with Crippen LogP contribution in [0.5, 0.6) is 0 Å². The molecule has 0 radical (unpaired) electrons. The Hall–Kier alpha value is -3.58. The van der Waals surface area contributed by atoms with E-state index in [0.29, 0.717) is 28.0 Å². The molecule has 0 atom stereocenters. The summed E-state index contributed by atoms with van der Waals surface area (Å²) in [6, 6.07) is 20.1. The SMILES string of the molecule is CC[N+](c1ccccc1)(c1ccccc1)c1nc(C(=O)OC)nc2nc[nH]c12. The predicted molar refractivity (Wildman–Crippen MR) is 108 cm³/mol. The van der Waals surface area contributed by atoms with Crippen molar-refractivity contribution in [3.63, 3.8) is 0 Å². The topological polar surface area (TPSA) is 80.8 Å². The first-order chi connectivity index (χ1) is 13.7. The van der Waals surface area contributed by atoms with Crippen molar-refractivity contribution in [1.82, 2.24) is 24.4 Å². The zero-order chi connectivity index (χ0) is 19.6. The van der Waals surface area contributed by atoms with Crippen molar-refractivity contribution in [2.45, 2.75) is 6.92 Å². The van der Waals surface area contributed by atoms with Crippen molar-refractivity contribution in [3.05, 3.63) is 72.8 Å². The molecule has 7 heteroatoms. The van der Waals surface area contributed by atoms with Crippen LogP contribution in [-0.2, 0) is 4.74 Å². The van der Waals surface area contributed by atoms with Crippen LogP contribution >= 0.6 is 0 Å². The summed E-state index contributed by atoms with van der Waals surface area (Å²) in [5, 5.41) is 0. The molecule has 0 fully saturated rings. The molecule has 7 nitrogen and oxygen atoms in total. The van der Waals surface area contributed by atoms with E-state index in [4.69, 9.17) is 4.74 Å². The van der Waals surface area contributed by atoms with Gasteiger partial charge in [0, 0.05) is 24.3 Å². The molecule has 2 heterocycles. The Morgan fingerprint density at radius 3 is 2.14 bits per heavy atom. The highest BCUT2D eigenvalue weighted by Gasteiger charge is 2.39. The van der Waals surface area contributed by atoms with Crippen LogP contribution in [0.25, 0.3) is 11.2 Å². The Kier molecular flexibility index (Phi) is 4.58. The predicted octanol–water partition coefficient (Wildman–Crippen LogP) is 4.13. The Balaban J connectivity index is 2.11. The fourth-order valence-electron chi connectivity index (χ4n) is 3.55. The van der Waals surface area contributed by atoms with Crippen LogP contribution in [0, 0.1) is 0 Å². The number of nitrogens with zero attached hydrogens (tertiary/aromatic N) is 4. The lowest BCUT2D eigenvalue weighted by Gasteiger charge is -2.35. The number of nitrogens with one attached hydrogen (secondary N) is 1. The number of hydrogen-bond acceptors (Lipinski definition) is 5. The zero-order valence-electron chi connectivity index (χ0n) is 15.7. The van der Waals surface area contributed by atoms with Gasteiger partial charge in [-0.3, -0.25) is 0 Å². The van der Waals surface area contributed by atoms with Crippen LogP contribution in [0.1, 0.15) is 17.5 Å². The number of imidazole rings is 1. The summed E-state index contributed by atoms with van der Waals surface area (Å²) in [6.45, 7) is 2.75. The molecule has 0 saturated heterocycles. The monoisotopic (exact) mass is 374 g/mol. The first-order valence-electron chi connectivity index (χ1n) is 9.00. The molecule has 0 unspecified atom stereocenters. The lowest BCUT2D eigenvalue weighted by molar-refractivity contribution is 0.0587. The van der Waals surface area contributed by atoms with Crippen LogP contribution in [-0.4, -0.2) is 39.6 Å². The van der Waals surface area contributed by atoms with Gasteiger partial charge in [0.1, 0.15) is 11.4 Å². The number of hydrogen-bond donors (Lipinski definition) is 1. The number of rotatable bonds is 5. The Morgan fingerprint density at radius 2 is 1.61 bits per heavy atom. The summed E-state index contributed by atoms with van der Waals surface area (Å²) in [4.78, 5) is 28.6. The molecule has 28 heavy (non-hydrogen) atoms. The molecule has 1 N–H and O–H groups in total. The van der Waals surface area contributed by atoms with Crippen LogP contribution < -0.4 is 4.48 Å². The van der Waals surface area contributed by atoms with Crippen molar-refractivity contribution < 1.29 is 9.53 Å². The highest BCUT2D eigenvalue weighted by Crippen LogP contribution is 2.44. The second-order valence-electron chi connectivity index (χ2n) is 6.26. The van der Waals surface area contributed by atoms with Crippen LogP contribution in [0.2, 0.25) is 0 Å². The summed E-state index contributed by atoms with van der Waals surface area (Å²) in [7, 11) is 1.32. The van der Waals surface area contributed by atoms with Crippen LogP contribution in [0.15, 0.2) is 67.0 Å². The minimum Gasteiger partial charge on any atom is -0.463 e. The molecule has 0 bridgehead atoms. The number of benzene rings is 2. The van der Waals surface area contributed by atoms with E-state index in [1.807, 2.05) is 36.4 Å². The van der Waals surface area contributed by atoms with Gasteiger partial charge < -0.3 is 9.72 Å². The second kappa shape index (κ2) is 7.21. The minimum atomic E-state index is -0.596. The first-order valence-corrected chi connectivity index (χ1v) is 9.00. The number of quaternary nitrogens is 1. The van der Waals surface area contributed by atoms with Gasteiger partial charge in [-0.05, 0) is 6.92 Å². The minimum absolute atomic E-state index is 0.0140. The zero-order valence-corrected chi connectivity index (χ0v) is 15.7. The molecule has 0 amide bonds. The number of methoxy groups -OCH3 is 1. The first kappa shape index (κ1) is 17.8. The van der Waals surface area contributed by atoms with E-state index in [1.54, 1.807) is 6.33 Å². The number of esters is 1. The van der Waals surface area contributed by atoms with Gasteiger partial charge >= 0.3 is 5.97 Å². The molecule has 2 aromatic carbocycles. The van der Waals surface area contributed by atoms with E-state index in [9.17, 15) is 4.79 Å². The molecule has 4 rings (SSSR count). The maximum absolute atomic E-state index is 12.2. The summed E-state index contributed by atoms with van der Waals surface area (Å²) >= 11 is 0. The van der Waals surface area contributed by atoms with Crippen LogP contribution in [0.4, 0.5) is 17.2 Å². The van der Waals surface area contributed by atoms with Gasteiger partial charge in [-0.2, -0.15) is 9.97 Å². The Morgan fingerprint density at radius 1 is 1.00 bits per heavy atom. The Bertz CT molecular complexity index is 1070. The number of fused-ring (bicyclic) bond motifs is 1. The largest absolute Gasteiger partial charge is 0.463 e. The average molecular weight is 374 g/mol. The molecule has 0 saturated carbocycles. The van der Waals surface area contributed by atoms with Crippen molar-refractivity contribution in [2.24, 2.45) is 0 Å². The van der Waals surface area contributed by atoms with E-state index < -0.39 is 5.97 Å². The molecule has 2 aromatic heterocycles. The van der Waals surface area contributed by atoms with Crippen molar-refractivity contribution in [2.75, 3.05) is 13.7 Å². The lowest BCUT2D eigenvalue weighted by atomic mass is 10.1. The summed E-state index contributed by atoms with van der Waals surface area (Å²) < 4.78 is 5.16. The molecule has 0 spiro atoms. The van der Waals surface area contributed by atoms with Crippen molar-refractivity contribution in [1.29, 1.82) is 0 Å². The number of para-hydroxylation sites is 2. The summed E-state index contributed by atoms with van der Waals surface area (Å²) in [5.41, 5.74) is 3.14. The Labute approximate surface area is 162 Å². The van der Waals surface area contributed by atoms with E-state index in [2.05, 4.69) is 51.1 Å². The highest BCUT2D eigenvalue weighted by molar-refractivity contribution is 5.93. The van der Waals surface area contributed by atoms with Gasteiger partial charge in [-0.15, -0.1) is 0 Å². The number of carbonyl (C=O) groups excluding carboxylic acids is 1. The van der Waals surface area contributed by atoms with E-state index in [1.165, 1.54) is 7.11 Å². The standard InChI is InChI=1S/C21H19N5O2/c1-3-26(15-10-6-4-7-11-15,16-12-8-5-9-13-16)20-17-18(23-14-22-17)24-19(25-20)21(27)28-2/h4-14H,3H2,1-2H3/p+1. The normalized spacial score (nSPS) is 11.5. The molecule has 0 aliphatic rings. The van der Waals surface area contributed by atoms with Crippen molar-refractivity contribution >= 4 is 34.3 Å². The van der Waals surface area contributed by atoms with E-state index in [0.717, 1.165) is 11.4 Å². The van der Waals surface area contributed by atoms with Gasteiger partial charge in [-0.1, -0.05) is 36.4 Å². The molecule has 140 valence electrons. The average Bonchev–Trinajstić information content (AvgIpc) is 3.24. The number of ether oxygens (including phenoxy) is 1. The number of carbonyl (C=O) groups is 1.